The van der Waals surface area contributed by atoms with Gasteiger partial charge in [-0.15, -0.1) is 0 Å². The first kappa shape index (κ1) is 18.2. The van der Waals surface area contributed by atoms with E-state index >= 15 is 0 Å². The number of rotatable bonds is 5. The molecule has 144 valence electrons. The number of Topliss-reactive ketones (excluding diaryl/α,β-unsaturated/α-hetero) is 1. The average molecular weight is 378 g/mol. The summed E-state index contributed by atoms with van der Waals surface area (Å²) in [5, 5.41) is 2.87. The van der Waals surface area contributed by atoms with E-state index in [0.29, 0.717) is 24.3 Å². The lowest BCUT2D eigenvalue weighted by Gasteiger charge is -2.33. The van der Waals surface area contributed by atoms with Gasteiger partial charge in [0.25, 0.3) is 5.91 Å². The van der Waals surface area contributed by atoms with Crippen LogP contribution < -0.4 is 10.1 Å². The van der Waals surface area contributed by atoms with Crippen LogP contribution in [0.3, 0.4) is 0 Å². The van der Waals surface area contributed by atoms with Crippen LogP contribution in [0.1, 0.15) is 41.3 Å². The van der Waals surface area contributed by atoms with Crippen LogP contribution in [0.25, 0.3) is 0 Å². The highest BCUT2D eigenvalue weighted by Gasteiger charge is 2.54. The van der Waals surface area contributed by atoms with E-state index in [0.717, 1.165) is 28.9 Å². The molecule has 6 heteroatoms. The van der Waals surface area contributed by atoms with Crippen molar-refractivity contribution < 1.29 is 19.1 Å². The third-order valence-electron chi connectivity index (χ3n) is 5.44. The Morgan fingerprint density at radius 2 is 1.89 bits per heavy atom. The number of fused-ring (bicyclic) bond motifs is 2. The lowest BCUT2D eigenvalue weighted by atomic mass is 9.76. The highest BCUT2D eigenvalue weighted by atomic mass is 16.5. The minimum absolute atomic E-state index is 0.275. The number of hydrogen-bond donors (Lipinski definition) is 1. The fourth-order valence-electron chi connectivity index (χ4n) is 4.09. The van der Waals surface area contributed by atoms with Crippen molar-refractivity contribution in [3.05, 3.63) is 65.2 Å². The second-order valence-electron chi connectivity index (χ2n) is 7.12. The van der Waals surface area contributed by atoms with E-state index in [2.05, 4.69) is 5.32 Å². The first-order chi connectivity index (χ1) is 13.5. The van der Waals surface area contributed by atoms with Crippen molar-refractivity contribution in [2.45, 2.75) is 31.7 Å². The predicted molar refractivity (Wildman–Crippen MR) is 103 cm³/mol. The van der Waals surface area contributed by atoms with Crippen LogP contribution in [0.5, 0.6) is 5.75 Å². The van der Waals surface area contributed by atoms with E-state index in [1.165, 1.54) is 0 Å². The minimum Gasteiger partial charge on any atom is -0.494 e. The van der Waals surface area contributed by atoms with Gasteiger partial charge in [0, 0.05) is 5.56 Å². The largest absolute Gasteiger partial charge is 0.494 e. The number of benzene rings is 2. The molecular formula is C22H22N2O4. The second kappa shape index (κ2) is 7.11. The lowest BCUT2D eigenvalue weighted by molar-refractivity contribution is -0.131. The molecule has 2 aromatic carbocycles. The van der Waals surface area contributed by atoms with Crippen molar-refractivity contribution in [2.75, 3.05) is 13.2 Å². The Balaban J connectivity index is 1.56. The third-order valence-corrected chi connectivity index (χ3v) is 5.44. The molecular weight excluding hydrogens is 356 g/mol. The second-order valence-corrected chi connectivity index (χ2v) is 7.12. The highest BCUT2D eigenvalue weighted by molar-refractivity contribution is 6.11. The van der Waals surface area contributed by atoms with Crippen molar-refractivity contribution in [3.63, 3.8) is 0 Å². The van der Waals surface area contributed by atoms with Gasteiger partial charge in [-0.25, -0.2) is 4.79 Å². The summed E-state index contributed by atoms with van der Waals surface area (Å²) in [4.78, 5) is 39.5. The van der Waals surface area contributed by atoms with E-state index in [1.54, 1.807) is 24.3 Å². The molecule has 1 saturated heterocycles. The molecule has 0 unspecified atom stereocenters. The van der Waals surface area contributed by atoms with Crippen molar-refractivity contribution in [3.8, 4) is 5.75 Å². The van der Waals surface area contributed by atoms with Gasteiger partial charge in [-0.2, -0.15) is 0 Å². The maximum Gasteiger partial charge on any atom is 0.325 e. The van der Waals surface area contributed by atoms with Crippen LogP contribution in [-0.2, 0) is 16.8 Å². The smallest absolute Gasteiger partial charge is 0.325 e. The minimum atomic E-state index is -1.05. The van der Waals surface area contributed by atoms with Crippen molar-refractivity contribution >= 4 is 17.7 Å². The van der Waals surface area contributed by atoms with Crippen LogP contribution in [0, 0.1) is 0 Å². The number of carbonyl (C=O) groups excluding carboxylic acids is 3. The summed E-state index contributed by atoms with van der Waals surface area (Å²) in [7, 11) is 0. The molecule has 1 N–H and O–H groups in total. The van der Waals surface area contributed by atoms with Gasteiger partial charge in [-0.3, -0.25) is 14.5 Å². The van der Waals surface area contributed by atoms with E-state index in [4.69, 9.17) is 4.74 Å². The molecule has 2 aliphatic rings. The number of aryl methyl sites for hydroxylation is 1. The summed E-state index contributed by atoms with van der Waals surface area (Å²) in [6.07, 6.45) is 2.23. The number of hydrogen-bond acceptors (Lipinski definition) is 4. The van der Waals surface area contributed by atoms with Crippen molar-refractivity contribution in [2.24, 2.45) is 0 Å². The van der Waals surface area contributed by atoms with Crippen LogP contribution in [0.2, 0.25) is 0 Å². The lowest BCUT2D eigenvalue weighted by Crippen LogP contribution is -2.46. The number of nitrogens with zero attached hydrogens (tertiary/aromatic N) is 1. The quantitative estimate of drug-likeness (QED) is 0.641. The predicted octanol–water partition coefficient (Wildman–Crippen LogP) is 3.05. The Labute approximate surface area is 163 Å². The fourth-order valence-corrected chi connectivity index (χ4v) is 4.09. The Morgan fingerprint density at radius 3 is 2.64 bits per heavy atom. The molecule has 1 atom stereocenters. The van der Waals surface area contributed by atoms with E-state index in [9.17, 15) is 14.4 Å². The van der Waals surface area contributed by atoms with Gasteiger partial charge >= 0.3 is 6.03 Å². The van der Waals surface area contributed by atoms with Gasteiger partial charge in [0.2, 0.25) is 0 Å². The first-order valence-electron chi connectivity index (χ1n) is 9.54. The SMILES string of the molecule is CCOc1ccc(C(=O)CN2C(=O)N[C@]3(CCCc4ccccc43)C2=O)cc1. The van der Waals surface area contributed by atoms with Crippen LogP contribution in [0.15, 0.2) is 48.5 Å². The maximum atomic E-state index is 13.2. The number of amides is 3. The summed E-state index contributed by atoms with van der Waals surface area (Å²) in [5.74, 6) is 0.0448. The molecule has 4 rings (SSSR count). The van der Waals surface area contributed by atoms with Crippen molar-refractivity contribution in [1.29, 1.82) is 0 Å². The van der Waals surface area contributed by atoms with E-state index in [1.807, 2.05) is 31.2 Å². The molecule has 6 nitrogen and oxygen atoms in total. The standard InChI is InChI=1S/C22H22N2O4/c1-2-28-17-11-9-16(10-12-17)19(25)14-24-20(26)22(23-21(24)27)13-5-7-15-6-3-4-8-18(15)22/h3-4,6,8-12H,2,5,7,13-14H2,1H3,(H,23,27)/t22-/m0/s1. The average Bonchev–Trinajstić information content (AvgIpc) is 2.94. The summed E-state index contributed by atoms with van der Waals surface area (Å²) in [6.45, 7) is 2.15. The Bertz CT molecular complexity index is 938. The number of ether oxygens (including phenoxy) is 1. The summed E-state index contributed by atoms with van der Waals surface area (Å²) < 4.78 is 5.38. The zero-order valence-electron chi connectivity index (χ0n) is 15.7. The Kier molecular flexibility index (Phi) is 4.63. The van der Waals surface area contributed by atoms with E-state index in [-0.39, 0.29) is 18.2 Å². The first-order valence-corrected chi connectivity index (χ1v) is 9.54. The molecule has 1 heterocycles. The van der Waals surface area contributed by atoms with Gasteiger partial charge in [-0.05, 0) is 61.6 Å². The van der Waals surface area contributed by atoms with Gasteiger partial charge in [-0.1, -0.05) is 24.3 Å². The zero-order chi connectivity index (χ0) is 19.7. The fraction of sp³-hybridized carbons (Fsp3) is 0.318. The number of urea groups is 1. The monoisotopic (exact) mass is 378 g/mol. The van der Waals surface area contributed by atoms with Gasteiger partial charge in [0.1, 0.15) is 11.3 Å². The third kappa shape index (κ3) is 2.95. The van der Waals surface area contributed by atoms with Gasteiger partial charge in [0.15, 0.2) is 5.78 Å². The molecule has 1 fully saturated rings. The number of carbonyl (C=O) groups is 3. The maximum absolute atomic E-state index is 13.2. The normalized spacial score (nSPS) is 20.8. The van der Waals surface area contributed by atoms with Crippen LogP contribution >= 0.6 is 0 Å². The van der Waals surface area contributed by atoms with E-state index < -0.39 is 11.6 Å². The molecule has 3 amide bonds. The Morgan fingerprint density at radius 1 is 1.14 bits per heavy atom. The summed E-state index contributed by atoms with van der Waals surface area (Å²) >= 11 is 0. The highest BCUT2D eigenvalue weighted by Crippen LogP contribution is 2.39. The summed E-state index contributed by atoms with van der Waals surface area (Å²) in [6, 6.07) is 13.9. The molecule has 0 saturated carbocycles. The molecule has 1 aliphatic heterocycles. The van der Waals surface area contributed by atoms with Gasteiger partial charge in [0.05, 0.1) is 13.2 Å². The topological polar surface area (TPSA) is 75.7 Å². The van der Waals surface area contributed by atoms with Gasteiger partial charge < -0.3 is 10.1 Å². The molecule has 0 aromatic heterocycles. The van der Waals surface area contributed by atoms with Crippen LogP contribution in [-0.4, -0.2) is 35.8 Å². The van der Waals surface area contributed by atoms with Crippen molar-refractivity contribution in [1.82, 2.24) is 10.2 Å². The number of ketones is 1. The molecule has 2 aromatic rings. The molecule has 28 heavy (non-hydrogen) atoms. The molecule has 0 bridgehead atoms. The number of nitrogens with one attached hydrogen (secondary N) is 1. The number of imide groups is 1. The van der Waals surface area contributed by atoms with Crippen LogP contribution in [0.4, 0.5) is 4.79 Å². The molecule has 1 spiro atoms. The Hall–Kier alpha value is -3.15. The zero-order valence-corrected chi connectivity index (χ0v) is 15.7. The molecule has 0 radical (unpaired) electrons. The summed E-state index contributed by atoms with van der Waals surface area (Å²) in [5.41, 5.74) is 1.30. The molecule has 1 aliphatic carbocycles.